The molecule has 0 radical (unpaired) electrons. The third kappa shape index (κ3) is 5.10. The van der Waals surface area contributed by atoms with Crippen molar-refractivity contribution in [2.24, 2.45) is 11.8 Å². The zero-order valence-corrected chi connectivity index (χ0v) is 21.7. The van der Waals surface area contributed by atoms with Crippen LogP contribution in [0.1, 0.15) is 64.4 Å². The molecule has 3 saturated heterocycles. The van der Waals surface area contributed by atoms with Gasteiger partial charge in [-0.1, -0.05) is 43.7 Å². The lowest BCUT2D eigenvalue weighted by Gasteiger charge is -2.35. The number of carbonyl (C=O) groups excluding carboxylic acids is 3. The molecule has 0 aliphatic carbocycles. The van der Waals surface area contributed by atoms with Crippen LogP contribution >= 0.6 is 11.8 Å². The number of aliphatic hydroxyl groups excluding tert-OH is 1. The van der Waals surface area contributed by atoms with Gasteiger partial charge in [0.25, 0.3) is 0 Å². The van der Waals surface area contributed by atoms with Gasteiger partial charge >= 0.3 is 0 Å². The second kappa shape index (κ2) is 11.3. The van der Waals surface area contributed by atoms with E-state index in [1.165, 1.54) is 0 Å². The van der Waals surface area contributed by atoms with Gasteiger partial charge < -0.3 is 20.6 Å². The average molecular weight is 502 g/mol. The maximum absolute atomic E-state index is 13.9. The van der Waals surface area contributed by atoms with Gasteiger partial charge in [-0.15, -0.1) is 11.8 Å². The molecule has 4 rings (SSSR count). The van der Waals surface area contributed by atoms with Crippen LogP contribution < -0.4 is 10.6 Å². The van der Waals surface area contributed by atoms with Crippen molar-refractivity contribution in [3.63, 3.8) is 0 Å². The lowest BCUT2D eigenvalue weighted by atomic mass is 9.70. The number of benzene rings is 1. The molecule has 1 spiro atoms. The minimum atomic E-state index is -0.546. The van der Waals surface area contributed by atoms with Gasteiger partial charge in [0.1, 0.15) is 6.04 Å². The van der Waals surface area contributed by atoms with Crippen molar-refractivity contribution in [1.82, 2.24) is 15.5 Å². The van der Waals surface area contributed by atoms with Gasteiger partial charge in [-0.2, -0.15) is 0 Å². The Morgan fingerprint density at radius 1 is 1.20 bits per heavy atom. The number of fused-ring (bicyclic) bond motifs is 1. The molecule has 3 fully saturated rings. The van der Waals surface area contributed by atoms with E-state index >= 15 is 0 Å². The minimum absolute atomic E-state index is 0.0443. The monoisotopic (exact) mass is 501 g/mol. The molecule has 192 valence electrons. The summed E-state index contributed by atoms with van der Waals surface area (Å²) in [4.78, 5) is 42.7. The molecule has 3 aliphatic heterocycles. The Kier molecular flexibility index (Phi) is 8.42. The number of likely N-dealkylation sites (tertiary alicyclic amines) is 1. The number of nitrogens with zero attached hydrogens (tertiary/aromatic N) is 1. The lowest BCUT2D eigenvalue weighted by Crippen LogP contribution is -2.55. The highest BCUT2D eigenvalue weighted by molar-refractivity contribution is 8.02. The van der Waals surface area contributed by atoms with Crippen LogP contribution in [0.15, 0.2) is 30.3 Å². The second-order valence-electron chi connectivity index (χ2n) is 10.3. The van der Waals surface area contributed by atoms with Crippen LogP contribution in [0.2, 0.25) is 0 Å². The standard InChI is InChI=1S/C27H39N3O4S/c1-3-10-18(2)29-25(33)23-27-14-13-20(35-27)21(24(32)28-17-19-11-6-4-7-12-19)22(27)26(34)30(23)15-8-5-9-16-31/h4,6-7,11-12,18,20-23,31H,3,5,8-10,13-17H2,1-2H3,(H,28,32)(H,29,33)/t18?,20-,21+,22-,23?,27?/m0/s1. The van der Waals surface area contributed by atoms with Gasteiger partial charge in [0.2, 0.25) is 17.7 Å². The van der Waals surface area contributed by atoms with E-state index in [1.807, 2.05) is 37.3 Å². The fraction of sp³-hybridized carbons (Fsp3) is 0.667. The first kappa shape index (κ1) is 26.0. The Labute approximate surface area is 212 Å². The molecule has 3 N–H and O–H groups in total. The number of amides is 3. The highest BCUT2D eigenvalue weighted by atomic mass is 32.2. The van der Waals surface area contributed by atoms with Crippen LogP contribution in [0.5, 0.6) is 0 Å². The van der Waals surface area contributed by atoms with Crippen molar-refractivity contribution in [1.29, 1.82) is 0 Å². The molecule has 1 aromatic carbocycles. The van der Waals surface area contributed by atoms with Gasteiger partial charge in [0.05, 0.1) is 16.6 Å². The normalized spacial score (nSPS) is 29.8. The van der Waals surface area contributed by atoms with E-state index in [4.69, 9.17) is 5.11 Å². The molecule has 3 heterocycles. The molecule has 3 amide bonds. The Morgan fingerprint density at radius 2 is 1.97 bits per heavy atom. The molecule has 1 aromatic rings. The minimum Gasteiger partial charge on any atom is -0.396 e. The highest BCUT2D eigenvalue weighted by Crippen LogP contribution is 2.66. The molecule has 8 heteroatoms. The predicted octanol–water partition coefficient (Wildman–Crippen LogP) is 2.86. The number of hydrogen-bond donors (Lipinski definition) is 3. The van der Waals surface area contributed by atoms with Crippen LogP contribution in [0, 0.1) is 11.8 Å². The summed E-state index contributed by atoms with van der Waals surface area (Å²) in [5.74, 6) is -1.07. The molecule has 0 aromatic heterocycles. The van der Waals surface area contributed by atoms with E-state index in [9.17, 15) is 14.4 Å². The Hall–Kier alpha value is -2.06. The van der Waals surface area contributed by atoms with Crippen molar-refractivity contribution in [3.05, 3.63) is 35.9 Å². The van der Waals surface area contributed by atoms with E-state index in [0.29, 0.717) is 19.5 Å². The number of hydrogen-bond acceptors (Lipinski definition) is 5. The van der Waals surface area contributed by atoms with Gasteiger partial charge in [-0.3, -0.25) is 14.4 Å². The molecule has 7 nitrogen and oxygen atoms in total. The van der Waals surface area contributed by atoms with Gasteiger partial charge in [0, 0.05) is 31.0 Å². The SMILES string of the molecule is CCCC(C)NC(=O)C1N(CCCCCO)C(=O)[C@@H]2[C@H](C(=O)NCc3ccccc3)[C@@H]3CCC12S3. The molecule has 2 bridgehead atoms. The van der Waals surface area contributed by atoms with Crippen molar-refractivity contribution in [2.75, 3.05) is 13.2 Å². The van der Waals surface area contributed by atoms with Crippen LogP contribution in [0.25, 0.3) is 0 Å². The molecule has 0 saturated carbocycles. The Balaban J connectivity index is 1.55. The summed E-state index contributed by atoms with van der Waals surface area (Å²) in [6.45, 7) is 5.15. The summed E-state index contributed by atoms with van der Waals surface area (Å²) >= 11 is 1.71. The number of carbonyl (C=O) groups is 3. The quantitative estimate of drug-likeness (QED) is 0.383. The van der Waals surface area contributed by atoms with Gasteiger partial charge in [0.15, 0.2) is 0 Å². The molecule has 3 unspecified atom stereocenters. The van der Waals surface area contributed by atoms with E-state index in [0.717, 1.165) is 44.1 Å². The number of thioether (sulfide) groups is 1. The Morgan fingerprint density at radius 3 is 2.69 bits per heavy atom. The molecule has 3 aliphatic rings. The summed E-state index contributed by atoms with van der Waals surface area (Å²) in [6.07, 6.45) is 5.73. The fourth-order valence-corrected chi connectivity index (χ4v) is 8.51. The maximum atomic E-state index is 13.9. The summed E-state index contributed by atoms with van der Waals surface area (Å²) in [7, 11) is 0. The first-order valence-electron chi connectivity index (χ1n) is 13.1. The molecular weight excluding hydrogens is 462 g/mol. The van der Waals surface area contributed by atoms with E-state index in [1.54, 1.807) is 16.7 Å². The average Bonchev–Trinajstić information content (AvgIpc) is 3.48. The van der Waals surface area contributed by atoms with Crippen molar-refractivity contribution in [3.8, 4) is 0 Å². The van der Waals surface area contributed by atoms with Crippen molar-refractivity contribution < 1.29 is 19.5 Å². The zero-order valence-electron chi connectivity index (χ0n) is 20.9. The van der Waals surface area contributed by atoms with Crippen LogP contribution in [0.4, 0.5) is 0 Å². The van der Waals surface area contributed by atoms with E-state index in [2.05, 4.69) is 17.6 Å². The first-order valence-corrected chi connectivity index (χ1v) is 14.0. The van der Waals surface area contributed by atoms with Gasteiger partial charge in [-0.25, -0.2) is 0 Å². The topological polar surface area (TPSA) is 98.7 Å². The maximum Gasteiger partial charge on any atom is 0.244 e. The second-order valence-corrected chi connectivity index (χ2v) is 11.9. The van der Waals surface area contributed by atoms with Crippen molar-refractivity contribution >= 4 is 29.5 Å². The van der Waals surface area contributed by atoms with Crippen LogP contribution in [-0.2, 0) is 20.9 Å². The smallest absolute Gasteiger partial charge is 0.244 e. The third-order valence-corrected chi connectivity index (χ3v) is 9.78. The molecule has 6 atom stereocenters. The summed E-state index contributed by atoms with van der Waals surface area (Å²) in [5.41, 5.74) is 1.02. The van der Waals surface area contributed by atoms with E-state index < -0.39 is 22.6 Å². The predicted molar refractivity (Wildman–Crippen MR) is 138 cm³/mol. The largest absolute Gasteiger partial charge is 0.396 e. The third-order valence-electron chi connectivity index (χ3n) is 7.83. The highest BCUT2D eigenvalue weighted by Gasteiger charge is 2.73. The zero-order chi connectivity index (χ0) is 25.0. The van der Waals surface area contributed by atoms with Crippen LogP contribution in [0.3, 0.4) is 0 Å². The summed E-state index contributed by atoms with van der Waals surface area (Å²) < 4.78 is -0.538. The summed E-state index contributed by atoms with van der Waals surface area (Å²) in [6, 6.07) is 9.29. The molecule has 35 heavy (non-hydrogen) atoms. The Bertz CT molecular complexity index is 913. The van der Waals surface area contributed by atoms with Gasteiger partial charge in [-0.05, 0) is 51.0 Å². The van der Waals surface area contributed by atoms with E-state index in [-0.39, 0.29) is 35.6 Å². The number of rotatable bonds is 12. The number of aliphatic hydroxyl groups is 1. The summed E-state index contributed by atoms with van der Waals surface area (Å²) in [5, 5.41) is 15.5. The lowest BCUT2D eigenvalue weighted by molar-refractivity contribution is -0.140. The van der Waals surface area contributed by atoms with Crippen LogP contribution in [-0.4, -0.2) is 63.0 Å². The van der Waals surface area contributed by atoms with Crippen molar-refractivity contribution in [2.45, 2.75) is 87.4 Å². The molecular formula is C27H39N3O4S. The number of nitrogens with one attached hydrogen (secondary N) is 2. The number of unbranched alkanes of at least 4 members (excludes halogenated alkanes) is 2. The first-order chi connectivity index (χ1) is 16.9. The fourth-order valence-electron chi connectivity index (χ4n) is 6.29.